The fourth-order valence-electron chi connectivity index (χ4n) is 3.97. The fraction of sp³-hybridized carbons (Fsp3) is 0.333. The van der Waals surface area contributed by atoms with Crippen LogP contribution in [0.5, 0.6) is 0 Å². The summed E-state index contributed by atoms with van der Waals surface area (Å²) in [6.45, 7) is 3.70. The van der Waals surface area contributed by atoms with Crippen molar-refractivity contribution in [3.63, 3.8) is 0 Å². The Labute approximate surface area is 162 Å². The summed E-state index contributed by atoms with van der Waals surface area (Å²) in [5, 5.41) is 5.88. The number of carbonyl (C=O) groups excluding carboxylic acids is 2. The molecule has 2 aliphatic rings. The van der Waals surface area contributed by atoms with Gasteiger partial charge in [0.1, 0.15) is 0 Å². The minimum atomic E-state index is -1.02. The highest BCUT2D eigenvalue weighted by atomic mass is 16.5. The van der Waals surface area contributed by atoms with E-state index in [2.05, 4.69) is 15.4 Å². The van der Waals surface area contributed by atoms with Crippen LogP contribution in [-0.4, -0.2) is 37.0 Å². The number of esters is 1. The molecule has 2 aromatic carbocycles. The van der Waals surface area contributed by atoms with Gasteiger partial charge in [-0.15, -0.1) is 4.91 Å². The molecule has 28 heavy (non-hydrogen) atoms. The van der Waals surface area contributed by atoms with Gasteiger partial charge in [0.2, 0.25) is 0 Å². The first kappa shape index (κ1) is 18.3. The van der Waals surface area contributed by atoms with Gasteiger partial charge in [0.15, 0.2) is 6.04 Å². The lowest BCUT2D eigenvalue weighted by molar-refractivity contribution is -0.116. The molecule has 7 nitrogen and oxygen atoms in total. The van der Waals surface area contributed by atoms with Crippen molar-refractivity contribution in [2.45, 2.75) is 25.9 Å². The molecule has 0 fully saturated rings. The highest BCUT2D eigenvalue weighted by Crippen LogP contribution is 2.43. The Morgan fingerprint density at radius 3 is 2.71 bits per heavy atom. The first-order valence-corrected chi connectivity index (χ1v) is 9.31. The molecular formula is C21H21N3O4. The molecule has 0 aliphatic carbocycles. The average molecular weight is 379 g/mol. The molecular weight excluding hydrogens is 358 g/mol. The Morgan fingerprint density at radius 2 is 2.04 bits per heavy atom. The predicted molar refractivity (Wildman–Crippen MR) is 105 cm³/mol. The van der Waals surface area contributed by atoms with E-state index in [0.717, 1.165) is 40.9 Å². The van der Waals surface area contributed by atoms with Crippen LogP contribution in [0.2, 0.25) is 0 Å². The van der Waals surface area contributed by atoms with Crippen molar-refractivity contribution >= 4 is 17.6 Å². The van der Waals surface area contributed by atoms with Crippen LogP contribution in [0.4, 0.5) is 5.69 Å². The number of nitrogens with zero attached hydrogens (tertiary/aromatic N) is 2. The molecule has 1 N–H and O–H groups in total. The van der Waals surface area contributed by atoms with E-state index in [0.29, 0.717) is 24.3 Å². The fourth-order valence-corrected chi connectivity index (χ4v) is 3.97. The van der Waals surface area contributed by atoms with Gasteiger partial charge in [-0.1, -0.05) is 17.3 Å². The number of likely N-dealkylation sites (N-methyl/N-ethyl adjacent to an activating group) is 1. The molecule has 1 amide bonds. The summed E-state index contributed by atoms with van der Waals surface area (Å²) in [5.41, 5.74) is 5.94. The van der Waals surface area contributed by atoms with Gasteiger partial charge in [0.05, 0.1) is 17.9 Å². The molecule has 0 saturated carbocycles. The number of benzene rings is 2. The van der Waals surface area contributed by atoms with Crippen LogP contribution < -0.4 is 5.32 Å². The van der Waals surface area contributed by atoms with Crippen molar-refractivity contribution < 1.29 is 14.3 Å². The first-order chi connectivity index (χ1) is 13.5. The number of nitrogens with one attached hydrogen (secondary N) is 1. The van der Waals surface area contributed by atoms with Gasteiger partial charge in [-0.25, -0.2) is 4.79 Å². The highest BCUT2D eigenvalue weighted by molar-refractivity contribution is 6.04. The lowest BCUT2D eigenvalue weighted by Crippen LogP contribution is -2.27. The summed E-state index contributed by atoms with van der Waals surface area (Å²) in [4.78, 5) is 37.6. The quantitative estimate of drug-likeness (QED) is 0.651. The van der Waals surface area contributed by atoms with Gasteiger partial charge in [-0.05, 0) is 60.8 Å². The van der Waals surface area contributed by atoms with E-state index in [9.17, 15) is 14.5 Å². The summed E-state index contributed by atoms with van der Waals surface area (Å²) >= 11 is 0. The maximum absolute atomic E-state index is 12.2. The SMILES string of the molecule is CCOC(=O)c1ccc(-c2cc3c(c4c2CCN(C)C4)NC(=O)C3N=O)cc1. The second kappa shape index (κ2) is 7.16. The number of amides is 1. The zero-order chi connectivity index (χ0) is 19.8. The van der Waals surface area contributed by atoms with Crippen molar-refractivity contribution in [2.24, 2.45) is 5.18 Å². The van der Waals surface area contributed by atoms with Crippen LogP contribution in [0.1, 0.15) is 40.0 Å². The van der Waals surface area contributed by atoms with E-state index in [-0.39, 0.29) is 11.9 Å². The molecule has 144 valence electrons. The molecule has 7 heteroatoms. The summed E-state index contributed by atoms with van der Waals surface area (Å²) in [6.07, 6.45) is 0.836. The van der Waals surface area contributed by atoms with Gasteiger partial charge in [0.25, 0.3) is 5.91 Å². The van der Waals surface area contributed by atoms with Crippen LogP contribution in [0.25, 0.3) is 11.1 Å². The number of carbonyl (C=O) groups is 2. The Bertz CT molecular complexity index is 969. The number of rotatable bonds is 4. The van der Waals surface area contributed by atoms with Crippen molar-refractivity contribution in [3.05, 3.63) is 57.5 Å². The number of fused-ring (bicyclic) bond motifs is 3. The second-order valence-electron chi connectivity index (χ2n) is 7.13. The van der Waals surface area contributed by atoms with Gasteiger partial charge in [0, 0.05) is 18.7 Å². The zero-order valence-corrected chi connectivity index (χ0v) is 15.8. The summed E-state index contributed by atoms with van der Waals surface area (Å²) in [7, 11) is 2.03. The standard InChI is InChI=1S/C21H21N3O4/c1-3-28-21(26)13-6-4-12(5-7-13)15-10-16-18(22-20(25)19(16)23-27)17-11-24(2)9-8-14(15)17/h4-7,10,19H,3,8-9,11H2,1-2H3,(H,22,25). The summed E-state index contributed by atoms with van der Waals surface area (Å²) in [5.74, 6) is -0.734. The Kier molecular flexibility index (Phi) is 4.68. The second-order valence-corrected chi connectivity index (χ2v) is 7.13. The molecule has 0 bridgehead atoms. The van der Waals surface area contributed by atoms with Crippen molar-refractivity contribution in [1.29, 1.82) is 0 Å². The Morgan fingerprint density at radius 1 is 1.29 bits per heavy atom. The number of anilines is 1. The third-order valence-electron chi connectivity index (χ3n) is 5.35. The monoisotopic (exact) mass is 379 g/mol. The third kappa shape index (κ3) is 2.97. The minimum Gasteiger partial charge on any atom is -0.462 e. The smallest absolute Gasteiger partial charge is 0.338 e. The van der Waals surface area contributed by atoms with Crippen LogP contribution in [0, 0.1) is 4.91 Å². The van der Waals surface area contributed by atoms with Crippen molar-refractivity contribution in [1.82, 2.24) is 4.90 Å². The topological polar surface area (TPSA) is 88.1 Å². The number of hydrogen-bond acceptors (Lipinski definition) is 6. The third-order valence-corrected chi connectivity index (χ3v) is 5.35. The Hall–Kier alpha value is -3.06. The van der Waals surface area contributed by atoms with Crippen LogP contribution in [-0.2, 0) is 22.5 Å². The van der Waals surface area contributed by atoms with Crippen molar-refractivity contribution in [3.8, 4) is 11.1 Å². The molecule has 2 heterocycles. The largest absolute Gasteiger partial charge is 0.462 e. The van der Waals surface area contributed by atoms with Gasteiger partial charge >= 0.3 is 5.97 Å². The molecule has 1 unspecified atom stereocenters. The number of ether oxygens (including phenoxy) is 1. The van der Waals surface area contributed by atoms with E-state index in [1.165, 1.54) is 0 Å². The van der Waals surface area contributed by atoms with Crippen LogP contribution in [0.15, 0.2) is 35.5 Å². The van der Waals surface area contributed by atoms with E-state index >= 15 is 0 Å². The number of hydrogen-bond donors (Lipinski definition) is 1. The molecule has 1 atom stereocenters. The summed E-state index contributed by atoms with van der Waals surface area (Å²) < 4.78 is 5.04. The van der Waals surface area contributed by atoms with E-state index < -0.39 is 6.04 Å². The molecule has 0 spiro atoms. The zero-order valence-electron chi connectivity index (χ0n) is 15.8. The minimum absolute atomic E-state index is 0.327. The maximum atomic E-state index is 12.2. The normalized spacial score (nSPS) is 18.2. The summed E-state index contributed by atoms with van der Waals surface area (Å²) in [6, 6.07) is 8.09. The predicted octanol–water partition coefficient (Wildman–Crippen LogP) is 3.28. The lowest BCUT2D eigenvalue weighted by Gasteiger charge is -2.29. The Balaban J connectivity index is 1.83. The molecule has 4 rings (SSSR count). The van der Waals surface area contributed by atoms with E-state index in [4.69, 9.17) is 4.74 Å². The van der Waals surface area contributed by atoms with E-state index in [1.54, 1.807) is 19.1 Å². The molecule has 0 radical (unpaired) electrons. The average Bonchev–Trinajstić information content (AvgIpc) is 3.03. The van der Waals surface area contributed by atoms with Crippen molar-refractivity contribution in [2.75, 3.05) is 25.5 Å². The van der Waals surface area contributed by atoms with Gasteiger partial charge < -0.3 is 15.0 Å². The van der Waals surface area contributed by atoms with Crippen LogP contribution >= 0.6 is 0 Å². The lowest BCUT2D eigenvalue weighted by atomic mass is 9.86. The molecule has 0 saturated heterocycles. The molecule has 2 aliphatic heterocycles. The maximum Gasteiger partial charge on any atom is 0.338 e. The van der Waals surface area contributed by atoms with Gasteiger partial charge in [-0.3, -0.25) is 4.79 Å². The van der Waals surface area contributed by atoms with Crippen LogP contribution in [0.3, 0.4) is 0 Å². The molecule has 0 aromatic heterocycles. The van der Waals surface area contributed by atoms with Gasteiger partial charge in [-0.2, -0.15) is 0 Å². The van der Waals surface area contributed by atoms with E-state index in [1.807, 2.05) is 25.2 Å². The first-order valence-electron chi connectivity index (χ1n) is 9.31. The number of nitroso groups, excluding NO2 is 1. The highest BCUT2D eigenvalue weighted by Gasteiger charge is 2.36. The molecule has 2 aromatic rings.